The smallest absolute Gasteiger partial charge is 0.211 e. The molecule has 0 aliphatic rings. The van der Waals surface area contributed by atoms with Crippen molar-refractivity contribution >= 4 is 37.6 Å². The molecular formula is C12H16BrClFNO2S. The lowest BCUT2D eigenvalue weighted by atomic mass is 9.91. The first-order chi connectivity index (χ1) is 8.68. The van der Waals surface area contributed by atoms with Gasteiger partial charge in [-0.2, -0.15) is 0 Å². The Bertz CT molecular complexity index is 549. The molecule has 0 aliphatic heterocycles. The van der Waals surface area contributed by atoms with Gasteiger partial charge in [0.2, 0.25) is 10.0 Å². The Morgan fingerprint density at radius 1 is 1.42 bits per heavy atom. The van der Waals surface area contributed by atoms with Crippen LogP contribution in [0, 0.1) is 11.2 Å². The maximum absolute atomic E-state index is 13.1. The Kier molecular flexibility index (Phi) is 5.79. The van der Waals surface area contributed by atoms with Gasteiger partial charge in [0, 0.05) is 11.9 Å². The van der Waals surface area contributed by atoms with Gasteiger partial charge in [0.05, 0.1) is 5.02 Å². The Labute approximate surface area is 126 Å². The molecule has 1 N–H and O–H groups in total. The van der Waals surface area contributed by atoms with Crippen LogP contribution in [-0.2, 0) is 10.0 Å². The molecule has 7 heteroatoms. The van der Waals surface area contributed by atoms with E-state index in [0.717, 1.165) is 23.9 Å². The second-order valence-electron chi connectivity index (χ2n) is 5.00. The first-order valence-corrected chi connectivity index (χ1v) is 8.67. The third-order valence-electron chi connectivity index (χ3n) is 2.69. The van der Waals surface area contributed by atoms with Gasteiger partial charge in [-0.1, -0.05) is 41.4 Å². The molecule has 0 amide bonds. The molecule has 0 aromatic heterocycles. The zero-order valence-electron chi connectivity index (χ0n) is 10.7. The minimum atomic E-state index is -3.80. The fraction of sp³-hybridized carbons (Fsp3) is 0.500. The molecule has 0 heterocycles. The highest BCUT2D eigenvalue weighted by Gasteiger charge is 2.23. The second-order valence-corrected chi connectivity index (χ2v) is 7.94. The monoisotopic (exact) mass is 371 g/mol. The molecular weight excluding hydrogens is 357 g/mol. The van der Waals surface area contributed by atoms with Crippen LogP contribution in [0.1, 0.15) is 20.3 Å². The number of rotatable bonds is 6. The molecule has 0 bridgehead atoms. The average molecular weight is 373 g/mol. The first kappa shape index (κ1) is 16.9. The van der Waals surface area contributed by atoms with Gasteiger partial charge in [-0.3, -0.25) is 0 Å². The fourth-order valence-electron chi connectivity index (χ4n) is 1.40. The van der Waals surface area contributed by atoms with Gasteiger partial charge in [0.1, 0.15) is 10.7 Å². The van der Waals surface area contributed by atoms with Gasteiger partial charge in [0.25, 0.3) is 0 Å². The van der Waals surface area contributed by atoms with Crippen LogP contribution in [-0.4, -0.2) is 20.3 Å². The molecule has 108 valence electrons. The minimum absolute atomic E-state index is 0.00666. The van der Waals surface area contributed by atoms with Crippen LogP contribution in [0.5, 0.6) is 0 Å². The molecule has 0 spiro atoms. The lowest BCUT2D eigenvalue weighted by Gasteiger charge is -2.23. The third kappa shape index (κ3) is 5.02. The topological polar surface area (TPSA) is 46.2 Å². The van der Waals surface area contributed by atoms with Gasteiger partial charge in [-0.05, 0) is 30.0 Å². The summed E-state index contributed by atoms with van der Waals surface area (Å²) >= 11 is 9.12. The number of benzene rings is 1. The van der Waals surface area contributed by atoms with Crippen molar-refractivity contribution < 1.29 is 12.8 Å². The van der Waals surface area contributed by atoms with Crippen molar-refractivity contribution in [2.75, 3.05) is 11.9 Å². The molecule has 1 aromatic carbocycles. The molecule has 1 rings (SSSR count). The van der Waals surface area contributed by atoms with E-state index in [1.54, 1.807) is 0 Å². The maximum Gasteiger partial charge on any atom is 0.242 e. The summed E-state index contributed by atoms with van der Waals surface area (Å²) in [7, 11) is -3.80. The standard InChI is InChI=1S/C12H16BrClFNO2S/c1-12(2,5-6-13)8-16-19(17,18)11-7-9(15)3-4-10(11)14/h3-4,7,16H,5-6,8H2,1-2H3. The summed E-state index contributed by atoms with van der Waals surface area (Å²) in [6.45, 7) is 4.15. The highest BCUT2D eigenvalue weighted by molar-refractivity contribution is 9.09. The Hall–Kier alpha value is -0.170. The van der Waals surface area contributed by atoms with Crippen molar-refractivity contribution in [1.29, 1.82) is 0 Å². The maximum atomic E-state index is 13.1. The summed E-state index contributed by atoms with van der Waals surface area (Å²) in [4.78, 5) is -0.233. The van der Waals surface area contributed by atoms with Crippen molar-refractivity contribution in [3.8, 4) is 0 Å². The van der Waals surface area contributed by atoms with Crippen LogP contribution in [0.25, 0.3) is 0 Å². The molecule has 19 heavy (non-hydrogen) atoms. The number of halogens is 3. The van der Waals surface area contributed by atoms with Crippen LogP contribution in [0.3, 0.4) is 0 Å². The van der Waals surface area contributed by atoms with Crippen LogP contribution in [0.2, 0.25) is 5.02 Å². The van der Waals surface area contributed by atoms with Gasteiger partial charge in [-0.15, -0.1) is 0 Å². The summed E-state index contributed by atoms with van der Waals surface area (Å²) in [6.07, 6.45) is 0.812. The Morgan fingerprint density at radius 2 is 2.05 bits per heavy atom. The van der Waals surface area contributed by atoms with Crippen LogP contribution < -0.4 is 4.72 Å². The predicted molar refractivity (Wildman–Crippen MR) is 78.8 cm³/mol. The SMILES string of the molecule is CC(C)(CCBr)CNS(=O)(=O)c1cc(F)ccc1Cl. The van der Waals surface area contributed by atoms with E-state index in [-0.39, 0.29) is 21.9 Å². The number of nitrogens with one attached hydrogen (secondary N) is 1. The van der Waals surface area contributed by atoms with Gasteiger partial charge < -0.3 is 0 Å². The van der Waals surface area contributed by atoms with E-state index in [2.05, 4.69) is 20.7 Å². The highest BCUT2D eigenvalue weighted by Crippen LogP contribution is 2.24. The van der Waals surface area contributed by atoms with Crippen molar-refractivity contribution in [1.82, 2.24) is 4.72 Å². The van der Waals surface area contributed by atoms with E-state index in [4.69, 9.17) is 11.6 Å². The molecule has 0 atom stereocenters. The van der Waals surface area contributed by atoms with Gasteiger partial charge in [0.15, 0.2) is 0 Å². The van der Waals surface area contributed by atoms with Crippen molar-refractivity contribution in [3.63, 3.8) is 0 Å². The van der Waals surface area contributed by atoms with E-state index >= 15 is 0 Å². The van der Waals surface area contributed by atoms with Crippen LogP contribution in [0.15, 0.2) is 23.1 Å². The van der Waals surface area contributed by atoms with E-state index in [1.807, 2.05) is 13.8 Å². The molecule has 1 aromatic rings. The number of alkyl halides is 1. The summed E-state index contributed by atoms with van der Waals surface area (Å²) in [6, 6.07) is 3.27. The lowest BCUT2D eigenvalue weighted by molar-refractivity contribution is 0.354. The van der Waals surface area contributed by atoms with E-state index in [0.29, 0.717) is 0 Å². The van der Waals surface area contributed by atoms with Crippen LogP contribution in [0.4, 0.5) is 4.39 Å². The summed E-state index contributed by atoms with van der Waals surface area (Å²) < 4.78 is 39.7. The lowest BCUT2D eigenvalue weighted by Crippen LogP contribution is -2.34. The molecule has 0 saturated carbocycles. The number of hydrogen-bond acceptors (Lipinski definition) is 2. The molecule has 3 nitrogen and oxygen atoms in total. The fourth-order valence-corrected chi connectivity index (χ4v) is 4.22. The summed E-state index contributed by atoms with van der Waals surface area (Å²) in [5, 5.41) is 0.787. The average Bonchev–Trinajstić information content (AvgIpc) is 2.30. The normalized spacial score (nSPS) is 12.7. The van der Waals surface area contributed by atoms with Gasteiger partial charge in [-0.25, -0.2) is 17.5 Å². The molecule has 0 radical (unpaired) electrons. The second kappa shape index (κ2) is 6.52. The number of sulfonamides is 1. The Morgan fingerprint density at radius 3 is 2.63 bits per heavy atom. The van der Waals surface area contributed by atoms with Crippen molar-refractivity contribution in [2.24, 2.45) is 5.41 Å². The molecule has 0 aliphatic carbocycles. The first-order valence-electron chi connectivity index (χ1n) is 5.69. The number of hydrogen-bond donors (Lipinski definition) is 1. The zero-order valence-corrected chi connectivity index (χ0v) is 13.9. The third-order valence-corrected chi connectivity index (χ3v) is 4.97. The predicted octanol–water partition coefficient (Wildman–Crippen LogP) is 3.57. The van der Waals surface area contributed by atoms with Gasteiger partial charge >= 0.3 is 0 Å². The van der Waals surface area contributed by atoms with E-state index < -0.39 is 15.8 Å². The molecule has 0 unspecified atom stereocenters. The van der Waals surface area contributed by atoms with Crippen molar-refractivity contribution in [2.45, 2.75) is 25.2 Å². The largest absolute Gasteiger partial charge is 0.242 e. The van der Waals surface area contributed by atoms with E-state index in [1.165, 1.54) is 6.07 Å². The summed E-state index contributed by atoms with van der Waals surface area (Å²) in [5.41, 5.74) is -0.198. The van der Waals surface area contributed by atoms with Crippen molar-refractivity contribution in [3.05, 3.63) is 29.0 Å². The zero-order chi connectivity index (χ0) is 14.7. The quantitative estimate of drug-likeness (QED) is 0.776. The van der Waals surface area contributed by atoms with E-state index in [9.17, 15) is 12.8 Å². The van der Waals surface area contributed by atoms with Crippen LogP contribution >= 0.6 is 27.5 Å². The molecule has 0 fully saturated rings. The Balaban J connectivity index is 2.90. The minimum Gasteiger partial charge on any atom is -0.211 e. The highest BCUT2D eigenvalue weighted by atomic mass is 79.9. The summed E-state index contributed by atoms with van der Waals surface area (Å²) in [5.74, 6) is -0.635. The molecule has 0 saturated heterocycles.